The Morgan fingerprint density at radius 2 is 1.94 bits per heavy atom. The second kappa shape index (κ2) is 9.79. The van der Waals surface area contributed by atoms with E-state index in [-0.39, 0.29) is 29.2 Å². The van der Waals surface area contributed by atoms with Gasteiger partial charge in [-0.3, -0.25) is 10.1 Å². The molecule has 1 aromatic heterocycles. The van der Waals surface area contributed by atoms with Gasteiger partial charge in [-0.05, 0) is 43.4 Å². The van der Waals surface area contributed by atoms with Crippen LogP contribution in [0.1, 0.15) is 57.7 Å². The maximum Gasteiger partial charge on any atom is 0.320 e. The van der Waals surface area contributed by atoms with Crippen LogP contribution in [0.4, 0.5) is 10.6 Å². The fourth-order valence-corrected chi connectivity index (χ4v) is 4.08. The van der Waals surface area contributed by atoms with E-state index < -0.39 is 0 Å². The molecule has 3 amide bonds. The molecule has 0 bridgehead atoms. The van der Waals surface area contributed by atoms with Gasteiger partial charge in [0.15, 0.2) is 0 Å². The minimum Gasteiger partial charge on any atom is -0.497 e. The van der Waals surface area contributed by atoms with Crippen molar-refractivity contribution in [2.45, 2.75) is 58.3 Å². The fraction of sp³-hybridized carbons (Fsp3) is 0.480. The van der Waals surface area contributed by atoms with Crippen LogP contribution in [-0.2, 0) is 16.6 Å². The Kier molecular flexibility index (Phi) is 6.81. The number of carbonyl (C=O) groups is 2. The first-order valence-electron chi connectivity index (χ1n) is 11.7. The number of anilines is 1. The Labute approximate surface area is 199 Å². The molecule has 4 rings (SSSR count). The van der Waals surface area contributed by atoms with Crippen molar-refractivity contribution in [1.82, 2.24) is 15.1 Å². The van der Waals surface area contributed by atoms with Crippen molar-refractivity contribution in [3.05, 3.63) is 41.6 Å². The van der Waals surface area contributed by atoms with Crippen molar-refractivity contribution in [1.29, 1.82) is 0 Å². The third kappa shape index (κ3) is 5.35. The SMILES string of the molecule is COc1ccc(CCNC(=O)Nc2cc(C(C)(C)C)nn2C2=NC(=O)C3CCCCC3=N2)cc1. The molecule has 9 nitrogen and oxygen atoms in total. The summed E-state index contributed by atoms with van der Waals surface area (Å²) < 4.78 is 6.64. The first kappa shape index (κ1) is 23.7. The molecule has 2 aromatic rings. The number of nitrogens with zero attached hydrogens (tertiary/aromatic N) is 4. The molecule has 2 N–H and O–H groups in total. The van der Waals surface area contributed by atoms with Gasteiger partial charge >= 0.3 is 6.03 Å². The van der Waals surface area contributed by atoms with Crippen molar-refractivity contribution in [2.24, 2.45) is 15.9 Å². The number of amides is 3. The molecule has 34 heavy (non-hydrogen) atoms. The molecule has 1 saturated carbocycles. The summed E-state index contributed by atoms with van der Waals surface area (Å²) in [4.78, 5) is 34.2. The zero-order valence-electron chi connectivity index (χ0n) is 20.2. The van der Waals surface area contributed by atoms with Crippen molar-refractivity contribution < 1.29 is 14.3 Å². The van der Waals surface area contributed by atoms with Crippen molar-refractivity contribution in [3.8, 4) is 5.75 Å². The topological polar surface area (TPSA) is 110 Å². The summed E-state index contributed by atoms with van der Waals surface area (Å²) in [6.45, 7) is 6.57. The predicted octanol–water partition coefficient (Wildman–Crippen LogP) is 3.93. The van der Waals surface area contributed by atoms with E-state index in [2.05, 4.69) is 25.7 Å². The van der Waals surface area contributed by atoms with Crippen LogP contribution in [-0.4, -0.2) is 47.0 Å². The Balaban J connectivity index is 1.48. The average Bonchev–Trinajstić information content (AvgIpc) is 3.24. The van der Waals surface area contributed by atoms with E-state index in [1.165, 1.54) is 4.68 Å². The number of methoxy groups -OCH3 is 1. The van der Waals surface area contributed by atoms with E-state index in [0.717, 1.165) is 48.4 Å². The molecule has 1 fully saturated rings. The minimum atomic E-state index is -0.360. The lowest BCUT2D eigenvalue weighted by Gasteiger charge is -2.24. The summed E-state index contributed by atoms with van der Waals surface area (Å²) in [6.07, 6.45) is 4.30. The van der Waals surface area contributed by atoms with Crippen LogP contribution >= 0.6 is 0 Å². The Morgan fingerprint density at radius 1 is 1.18 bits per heavy atom. The van der Waals surface area contributed by atoms with E-state index in [0.29, 0.717) is 18.8 Å². The van der Waals surface area contributed by atoms with E-state index >= 15 is 0 Å². The second-order valence-corrected chi connectivity index (χ2v) is 9.71. The van der Waals surface area contributed by atoms with Crippen molar-refractivity contribution >= 4 is 29.4 Å². The summed E-state index contributed by atoms with van der Waals surface area (Å²) in [7, 11) is 1.63. The summed E-state index contributed by atoms with van der Waals surface area (Å²) in [5.41, 5.74) is 2.46. The van der Waals surface area contributed by atoms with Gasteiger partial charge in [0.25, 0.3) is 11.9 Å². The molecule has 2 heterocycles. The fourth-order valence-electron chi connectivity index (χ4n) is 4.08. The predicted molar refractivity (Wildman–Crippen MR) is 132 cm³/mol. The summed E-state index contributed by atoms with van der Waals surface area (Å²) in [5.74, 6) is 1.04. The lowest BCUT2D eigenvalue weighted by molar-refractivity contribution is -0.120. The van der Waals surface area contributed by atoms with Crippen LogP contribution in [0.2, 0.25) is 0 Å². The summed E-state index contributed by atoms with van der Waals surface area (Å²) in [6, 6.07) is 9.18. The first-order valence-corrected chi connectivity index (χ1v) is 11.7. The second-order valence-electron chi connectivity index (χ2n) is 9.71. The normalized spacial score (nSPS) is 18.0. The number of hydrogen-bond donors (Lipinski definition) is 2. The van der Waals surface area contributed by atoms with Gasteiger partial charge in [-0.2, -0.15) is 14.8 Å². The molecule has 1 aliphatic carbocycles. The van der Waals surface area contributed by atoms with Gasteiger partial charge in [0, 0.05) is 23.7 Å². The first-order chi connectivity index (χ1) is 16.2. The van der Waals surface area contributed by atoms with Gasteiger partial charge < -0.3 is 10.1 Å². The third-order valence-corrected chi connectivity index (χ3v) is 6.10. The highest BCUT2D eigenvalue weighted by molar-refractivity contribution is 6.16. The number of hydrogen-bond acceptors (Lipinski definition) is 5. The van der Waals surface area contributed by atoms with Gasteiger partial charge in [-0.15, -0.1) is 0 Å². The van der Waals surface area contributed by atoms with E-state index in [4.69, 9.17) is 4.74 Å². The zero-order valence-corrected chi connectivity index (χ0v) is 20.2. The van der Waals surface area contributed by atoms with Crippen molar-refractivity contribution in [3.63, 3.8) is 0 Å². The van der Waals surface area contributed by atoms with Gasteiger partial charge in [0.2, 0.25) is 0 Å². The van der Waals surface area contributed by atoms with Crippen LogP contribution in [0.5, 0.6) is 5.75 Å². The molecule has 0 radical (unpaired) electrons. The smallest absolute Gasteiger partial charge is 0.320 e. The number of aromatic nitrogens is 2. The van der Waals surface area contributed by atoms with Crippen LogP contribution in [0, 0.1) is 5.92 Å². The quantitative estimate of drug-likeness (QED) is 0.698. The highest BCUT2D eigenvalue weighted by atomic mass is 16.5. The Hall–Kier alpha value is -3.49. The minimum absolute atomic E-state index is 0.178. The van der Waals surface area contributed by atoms with E-state index in [1.54, 1.807) is 7.11 Å². The molecule has 1 aromatic carbocycles. The molecule has 2 aliphatic rings. The van der Waals surface area contributed by atoms with Gasteiger partial charge in [-0.25, -0.2) is 9.79 Å². The number of ether oxygens (including phenoxy) is 1. The van der Waals surface area contributed by atoms with Gasteiger partial charge in [0.05, 0.1) is 18.7 Å². The molecule has 0 spiro atoms. The monoisotopic (exact) mass is 464 g/mol. The zero-order chi connectivity index (χ0) is 24.3. The summed E-state index contributed by atoms with van der Waals surface area (Å²) in [5, 5.41) is 10.4. The largest absolute Gasteiger partial charge is 0.497 e. The highest BCUT2D eigenvalue weighted by Gasteiger charge is 2.32. The van der Waals surface area contributed by atoms with Crippen LogP contribution in [0.25, 0.3) is 0 Å². The molecule has 1 aliphatic heterocycles. The van der Waals surface area contributed by atoms with E-state index in [9.17, 15) is 9.59 Å². The number of aliphatic imine (C=N–C) groups is 2. The Morgan fingerprint density at radius 3 is 2.65 bits per heavy atom. The lowest BCUT2D eigenvalue weighted by Crippen LogP contribution is -2.35. The maximum absolute atomic E-state index is 12.7. The number of carbonyl (C=O) groups excluding carboxylic acids is 2. The third-order valence-electron chi connectivity index (χ3n) is 6.10. The molecule has 1 atom stereocenters. The molecule has 1 unspecified atom stereocenters. The standard InChI is InChI=1S/C25H32N6O3/c1-25(2,3)20-15-21(28-24(33)26-14-13-16-9-11-17(34-4)12-10-16)31(30-20)23-27-19-8-6-5-7-18(19)22(32)29-23/h9-12,15,18H,5-8,13-14H2,1-4H3,(H2,26,28,33). The lowest BCUT2D eigenvalue weighted by atomic mass is 9.86. The van der Waals surface area contributed by atoms with Crippen molar-refractivity contribution in [2.75, 3.05) is 19.0 Å². The molecular weight excluding hydrogens is 432 g/mol. The highest BCUT2D eigenvalue weighted by Crippen LogP contribution is 2.28. The number of urea groups is 1. The van der Waals surface area contributed by atoms with E-state index in [1.807, 2.05) is 51.1 Å². The molecular formula is C25H32N6O3. The van der Waals surface area contributed by atoms with Crippen LogP contribution in [0.15, 0.2) is 40.3 Å². The number of fused-ring (bicyclic) bond motifs is 1. The molecule has 0 saturated heterocycles. The van der Waals surface area contributed by atoms with Gasteiger partial charge in [0.1, 0.15) is 11.6 Å². The Bertz CT molecular complexity index is 1120. The van der Waals surface area contributed by atoms with Crippen LogP contribution < -0.4 is 15.4 Å². The summed E-state index contributed by atoms with van der Waals surface area (Å²) >= 11 is 0. The average molecular weight is 465 g/mol. The maximum atomic E-state index is 12.7. The van der Waals surface area contributed by atoms with Gasteiger partial charge in [-0.1, -0.05) is 39.3 Å². The molecule has 9 heteroatoms. The number of rotatable bonds is 5. The number of benzene rings is 1. The number of nitrogens with one attached hydrogen (secondary N) is 2. The van der Waals surface area contributed by atoms with Crippen LogP contribution in [0.3, 0.4) is 0 Å². The molecule has 180 valence electrons.